The van der Waals surface area contributed by atoms with Crippen LogP contribution in [0.1, 0.15) is 50.5 Å². The highest BCUT2D eigenvalue weighted by Crippen LogP contribution is 2.28. The van der Waals surface area contributed by atoms with Crippen molar-refractivity contribution < 1.29 is 33.4 Å². The van der Waals surface area contributed by atoms with E-state index in [2.05, 4.69) is 5.32 Å². The molecular weight excluding hydrogens is 428 g/mol. The molecule has 0 unspecified atom stereocenters. The molecular formula is C24H26N2O7. The van der Waals surface area contributed by atoms with E-state index in [4.69, 9.17) is 14.2 Å². The number of esters is 1. The summed E-state index contributed by atoms with van der Waals surface area (Å²) in [6.07, 6.45) is 0.549. The van der Waals surface area contributed by atoms with Crippen LogP contribution >= 0.6 is 0 Å². The average molecular weight is 454 g/mol. The molecule has 0 aliphatic carbocycles. The van der Waals surface area contributed by atoms with Gasteiger partial charge in [-0.15, -0.1) is 0 Å². The molecule has 1 aliphatic heterocycles. The molecule has 33 heavy (non-hydrogen) atoms. The number of hydrogen-bond donors (Lipinski definition) is 1. The summed E-state index contributed by atoms with van der Waals surface area (Å²) in [4.78, 5) is 50.4. The zero-order chi connectivity index (χ0) is 24.1. The molecule has 9 nitrogen and oxygen atoms in total. The van der Waals surface area contributed by atoms with Gasteiger partial charge in [0.05, 0.1) is 30.9 Å². The average Bonchev–Trinajstić information content (AvgIpc) is 3.06. The van der Waals surface area contributed by atoms with Gasteiger partial charge in [-0.25, -0.2) is 4.79 Å². The van der Waals surface area contributed by atoms with E-state index >= 15 is 0 Å². The lowest BCUT2D eigenvalue weighted by Gasteiger charge is -2.17. The third kappa shape index (κ3) is 5.14. The van der Waals surface area contributed by atoms with E-state index in [0.717, 1.165) is 10.5 Å². The number of fused-ring (bicyclic) bond motifs is 1. The fraction of sp³-hybridized carbons (Fsp3) is 0.333. The zero-order valence-electron chi connectivity index (χ0n) is 19.0. The number of rotatable bonds is 9. The fourth-order valence-electron chi connectivity index (χ4n) is 3.50. The van der Waals surface area contributed by atoms with Gasteiger partial charge in [-0.3, -0.25) is 19.3 Å². The summed E-state index contributed by atoms with van der Waals surface area (Å²) < 4.78 is 15.5. The molecule has 0 fully saturated rings. The second-order valence-electron chi connectivity index (χ2n) is 7.70. The first kappa shape index (κ1) is 23.8. The Bertz CT molecular complexity index is 1090. The molecule has 3 rings (SSSR count). The summed E-state index contributed by atoms with van der Waals surface area (Å²) in [6, 6.07) is 9.35. The molecule has 0 aromatic heterocycles. The van der Waals surface area contributed by atoms with Crippen molar-refractivity contribution in [2.24, 2.45) is 0 Å². The smallest absolute Gasteiger partial charge is 0.338 e. The van der Waals surface area contributed by atoms with Crippen molar-refractivity contribution in [3.8, 4) is 11.5 Å². The first-order valence-electron chi connectivity index (χ1n) is 10.4. The molecule has 0 bridgehead atoms. The van der Waals surface area contributed by atoms with Gasteiger partial charge in [-0.05, 0) is 56.2 Å². The summed E-state index contributed by atoms with van der Waals surface area (Å²) in [5.74, 6) is -0.835. The van der Waals surface area contributed by atoms with Crippen molar-refractivity contribution >= 4 is 23.7 Å². The van der Waals surface area contributed by atoms with Gasteiger partial charge in [0, 0.05) is 12.6 Å². The number of carbonyl (C=O) groups excluding carboxylic acids is 4. The molecule has 2 aromatic carbocycles. The van der Waals surface area contributed by atoms with E-state index in [0.29, 0.717) is 24.5 Å². The Morgan fingerprint density at radius 1 is 0.939 bits per heavy atom. The Balaban J connectivity index is 1.51. The van der Waals surface area contributed by atoms with Crippen LogP contribution in [0.3, 0.4) is 0 Å². The molecule has 1 N–H and O–H groups in total. The maximum Gasteiger partial charge on any atom is 0.338 e. The third-order valence-corrected chi connectivity index (χ3v) is 5.19. The summed E-state index contributed by atoms with van der Waals surface area (Å²) >= 11 is 0. The van der Waals surface area contributed by atoms with E-state index in [-0.39, 0.29) is 22.7 Å². The van der Waals surface area contributed by atoms with Crippen LogP contribution in [-0.4, -0.2) is 62.0 Å². The van der Waals surface area contributed by atoms with E-state index in [1.807, 2.05) is 12.1 Å². The standard InChI is InChI=1S/C24H26N2O7/c1-14(2)26-22(28)17-7-6-16(12-18(17)23(26)29)24(30)33-13-21(27)25-10-9-15-5-8-19(31-3)20(11-15)32-4/h5-8,11-12,14H,9-10,13H2,1-4H3,(H,25,27). The minimum atomic E-state index is -0.754. The Hall–Kier alpha value is -3.88. The van der Waals surface area contributed by atoms with Crippen molar-refractivity contribution in [2.45, 2.75) is 26.3 Å². The molecule has 0 saturated carbocycles. The summed E-state index contributed by atoms with van der Waals surface area (Å²) in [7, 11) is 3.10. The van der Waals surface area contributed by atoms with Crippen molar-refractivity contribution in [3.05, 3.63) is 58.7 Å². The molecule has 1 heterocycles. The van der Waals surface area contributed by atoms with Gasteiger partial charge in [0.15, 0.2) is 18.1 Å². The first-order chi connectivity index (χ1) is 15.8. The van der Waals surface area contributed by atoms with E-state index in [1.54, 1.807) is 34.1 Å². The van der Waals surface area contributed by atoms with E-state index < -0.39 is 30.3 Å². The molecule has 0 atom stereocenters. The van der Waals surface area contributed by atoms with E-state index in [9.17, 15) is 19.2 Å². The number of amides is 3. The lowest BCUT2D eigenvalue weighted by Crippen LogP contribution is -2.35. The maximum absolute atomic E-state index is 12.5. The topological polar surface area (TPSA) is 111 Å². The number of carbonyl (C=O) groups is 4. The molecule has 174 valence electrons. The molecule has 0 spiro atoms. The largest absolute Gasteiger partial charge is 0.493 e. The van der Waals surface area contributed by atoms with Crippen LogP contribution in [0.4, 0.5) is 0 Å². The third-order valence-electron chi connectivity index (χ3n) is 5.19. The lowest BCUT2D eigenvalue weighted by atomic mass is 10.1. The predicted octanol–water partition coefficient (Wildman–Crippen LogP) is 2.22. The Kier molecular flexibility index (Phi) is 7.32. The summed E-state index contributed by atoms with van der Waals surface area (Å²) in [6.45, 7) is 3.35. The monoisotopic (exact) mass is 454 g/mol. The number of nitrogens with zero attached hydrogens (tertiary/aromatic N) is 1. The van der Waals surface area contributed by atoms with Gasteiger partial charge in [0.2, 0.25) is 0 Å². The Morgan fingerprint density at radius 2 is 1.64 bits per heavy atom. The highest BCUT2D eigenvalue weighted by atomic mass is 16.5. The molecule has 2 aromatic rings. The number of hydrogen-bond acceptors (Lipinski definition) is 7. The Labute approximate surface area is 191 Å². The van der Waals surface area contributed by atoms with Crippen LogP contribution in [0.15, 0.2) is 36.4 Å². The molecule has 3 amide bonds. The van der Waals surface area contributed by atoms with Gasteiger partial charge < -0.3 is 19.5 Å². The molecule has 1 aliphatic rings. The number of methoxy groups -OCH3 is 2. The summed E-state index contributed by atoms with van der Waals surface area (Å²) in [5.41, 5.74) is 1.44. The van der Waals surface area contributed by atoms with Gasteiger partial charge in [-0.2, -0.15) is 0 Å². The number of ether oxygens (including phenoxy) is 3. The van der Waals surface area contributed by atoms with Crippen LogP contribution in [0.2, 0.25) is 0 Å². The Morgan fingerprint density at radius 3 is 2.30 bits per heavy atom. The first-order valence-corrected chi connectivity index (χ1v) is 10.4. The SMILES string of the molecule is COc1ccc(CCNC(=O)COC(=O)c2ccc3c(c2)C(=O)N(C(C)C)C3=O)cc1OC. The van der Waals surface area contributed by atoms with Gasteiger partial charge >= 0.3 is 5.97 Å². The lowest BCUT2D eigenvalue weighted by molar-refractivity contribution is -0.124. The quantitative estimate of drug-likeness (QED) is 0.457. The normalized spacial score (nSPS) is 12.6. The van der Waals surface area contributed by atoms with Crippen LogP contribution in [0.5, 0.6) is 11.5 Å². The highest BCUT2D eigenvalue weighted by Gasteiger charge is 2.37. The van der Waals surface area contributed by atoms with Crippen molar-refractivity contribution in [2.75, 3.05) is 27.4 Å². The zero-order valence-corrected chi connectivity index (χ0v) is 19.0. The number of imide groups is 1. The van der Waals surface area contributed by atoms with Crippen LogP contribution in [-0.2, 0) is 16.0 Å². The number of benzene rings is 2. The second kappa shape index (κ2) is 10.2. The number of nitrogens with one attached hydrogen (secondary N) is 1. The van der Waals surface area contributed by atoms with Gasteiger partial charge in [-0.1, -0.05) is 6.07 Å². The van der Waals surface area contributed by atoms with Gasteiger partial charge in [0.1, 0.15) is 0 Å². The molecule has 9 heteroatoms. The highest BCUT2D eigenvalue weighted by molar-refractivity contribution is 6.22. The van der Waals surface area contributed by atoms with Crippen molar-refractivity contribution in [3.63, 3.8) is 0 Å². The van der Waals surface area contributed by atoms with Crippen LogP contribution in [0.25, 0.3) is 0 Å². The summed E-state index contributed by atoms with van der Waals surface area (Å²) in [5, 5.41) is 2.68. The predicted molar refractivity (Wildman–Crippen MR) is 119 cm³/mol. The van der Waals surface area contributed by atoms with Crippen LogP contribution in [0, 0.1) is 0 Å². The minimum absolute atomic E-state index is 0.0960. The van der Waals surface area contributed by atoms with Crippen LogP contribution < -0.4 is 14.8 Å². The minimum Gasteiger partial charge on any atom is -0.493 e. The van der Waals surface area contributed by atoms with E-state index in [1.165, 1.54) is 18.2 Å². The maximum atomic E-state index is 12.5. The molecule has 0 radical (unpaired) electrons. The second-order valence-corrected chi connectivity index (χ2v) is 7.70. The van der Waals surface area contributed by atoms with Crippen molar-refractivity contribution in [1.29, 1.82) is 0 Å². The van der Waals surface area contributed by atoms with Crippen molar-refractivity contribution in [1.82, 2.24) is 10.2 Å². The molecule has 0 saturated heterocycles. The fourth-order valence-corrected chi connectivity index (χ4v) is 3.50. The van der Waals surface area contributed by atoms with Gasteiger partial charge in [0.25, 0.3) is 17.7 Å².